The number of benzene rings is 1. The van der Waals surface area contributed by atoms with E-state index in [4.69, 9.17) is 5.73 Å². The van der Waals surface area contributed by atoms with Crippen molar-refractivity contribution < 1.29 is 0 Å². The molecule has 19 heavy (non-hydrogen) atoms. The predicted molar refractivity (Wildman–Crippen MR) is 77.4 cm³/mol. The summed E-state index contributed by atoms with van der Waals surface area (Å²) in [6.07, 6.45) is 6.96. The lowest BCUT2D eigenvalue weighted by molar-refractivity contribution is 0.596. The standard InChI is InChI=1S/C15H18N4/c1-2-7-19-15(17-10-18-19)9-12-4-3-11-8-13(16)5-6-14(11)12/h5-6,8-10H,2-4,7,16H2,1H3. The molecule has 2 N–H and O–H groups in total. The fraction of sp³-hybridized carbons (Fsp3) is 0.333. The van der Waals surface area contributed by atoms with Gasteiger partial charge in [0.05, 0.1) is 0 Å². The Kier molecular flexibility index (Phi) is 3.07. The summed E-state index contributed by atoms with van der Waals surface area (Å²) in [6, 6.07) is 6.16. The smallest absolute Gasteiger partial charge is 0.151 e. The Morgan fingerprint density at radius 1 is 1.37 bits per heavy atom. The van der Waals surface area contributed by atoms with Crippen LogP contribution in [0.3, 0.4) is 0 Å². The summed E-state index contributed by atoms with van der Waals surface area (Å²) in [4.78, 5) is 4.34. The highest BCUT2D eigenvalue weighted by atomic mass is 15.3. The molecule has 2 aromatic rings. The molecule has 1 aliphatic carbocycles. The van der Waals surface area contributed by atoms with Crippen LogP contribution in [0.1, 0.15) is 36.7 Å². The van der Waals surface area contributed by atoms with Gasteiger partial charge in [-0.2, -0.15) is 5.10 Å². The third-order valence-electron chi connectivity index (χ3n) is 3.52. The largest absolute Gasteiger partial charge is 0.399 e. The maximum atomic E-state index is 5.83. The molecule has 1 aromatic heterocycles. The van der Waals surface area contributed by atoms with E-state index in [1.165, 1.54) is 16.7 Å². The van der Waals surface area contributed by atoms with Gasteiger partial charge in [0.25, 0.3) is 0 Å². The first-order valence-electron chi connectivity index (χ1n) is 6.75. The van der Waals surface area contributed by atoms with Gasteiger partial charge in [-0.3, -0.25) is 0 Å². The second-order valence-corrected chi connectivity index (χ2v) is 4.93. The minimum atomic E-state index is 0.842. The number of hydrogen-bond donors (Lipinski definition) is 1. The van der Waals surface area contributed by atoms with Crippen LogP contribution in [-0.4, -0.2) is 14.8 Å². The van der Waals surface area contributed by atoms with Crippen LogP contribution in [0.4, 0.5) is 5.69 Å². The molecule has 4 nitrogen and oxygen atoms in total. The average Bonchev–Trinajstić information content (AvgIpc) is 2.98. The number of hydrogen-bond acceptors (Lipinski definition) is 3. The molecule has 0 spiro atoms. The van der Waals surface area contributed by atoms with Crippen LogP contribution in [0.2, 0.25) is 0 Å². The minimum absolute atomic E-state index is 0.842. The third-order valence-corrected chi connectivity index (χ3v) is 3.52. The van der Waals surface area contributed by atoms with E-state index in [1.54, 1.807) is 6.33 Å². The first kappa shape index (κ1) is 12.0. The van der Waals surface area contributed by atoms with E-state index in [1.807, 2.05) is 10.7 Å². The lowest BCUT2D eigenvalue weighted by atomic mass is 10.1. The summed E-state index contributed by atoms with van der Waals surface area (Å²) >= 11 is 0. The molecule has 3 rings (SSSR count). The Bertz CT molecular complexity index is 625. The van der Waals surface area contributed by atoms with Crippen LogP contribution in [0, 0.1) is 0 Å². The number of fused-ring (bicyclic) bond motifs is 1. The Morgan fingerprint density at radius 2 is 2.26 bits per heavy atom. The summed E-state index contributed by atoms with van der Waals surface area (Å²) in [7, 11) is 0. The molecular weight excluding hydrogens is 236 g/mol. The Balaban J connectivity index is 1.96. The quantitative estimate of drug-likeness (QED) is 0.857. The highest BCUT2D eigenvalue weighted by Crippen LogP contribution is 2.34. The van der Waals surface area contributed by atoms with Crippen molar-refractivity contribution in [3.8, 4) is 0 Å². The Hall–Kier alpha value is -2.10. The summed E-state index contributed by atoms with van der Waals surface area (Å²) in [5, 5.41) is 4.26. The second kappa shape index (κ2) is 4.88. The number of aromatic nitrogens is 3. The van der Waals surface area contributed by atoms with Crippen LogP contribution in [0.15, 0.2) is 24.5 Å². The van der Waals surface area contributed by atoms with Crippen molar-refractivity contribution >= 4 is 17.3 Å². The van der Waals surface area contributed by atoms with Crippen molar-refractivity contribution in [2.45, 2.75) is 32.7 Å². The van der Waals surface area contributed by atoms with Crippen LogP contribution >= 0.6 is 0 Å². The molecule has 0 saturated heterocycles. The van der Waals surface area contributed by atoms with Crippen LogP contribution in [0.25, 0.3) is 11.6 Å². The van der Waals surface area contributed by atoms with Gasteiger partial charge in [0, 0.05) is 12.2 Å². The predicted octanol–water partition coefficient (Wildman–Crippen LogP) is 2.76. The number of rotatable bonds is 3. The lowest BCUT2D eigenvalue weighted by Crippen LogP contribution is -2.01. The molecule has 1 aromatic carbocycles. The van der Waals surface area contributed by atoms with E-state index >= 15 is 0 Å². The zero-order chi connectivity index (χ0) is 13.2. The van der Waals surface area contributed by atoms with E-state index in [2.05, 4.69) is 35.2 Å². The highest BCUT2D eigenvalue weighted by molar-refractivity contribution is 5.84. The van der Waals surface area contributed by atoms with Crippen LogP contribution in [-0.2, 0) is 13.0 Å². The molecule has 0 unspecified atom stereocenters. The molecule has 0 atom stereocenters. The lowest BCUT2D eigenvalue weighted by Gasteiger charge is -2.04. The number of nitrogen functional groups attached to an aromatic ring is 1. The Morgan fingerprint density at radius 3 is 3.11 bits per heavy atom. The van der Waals surface area contributed by atoms with E-state index in [-0.39, 0.29) is 0 Å². The van der Waals surface area contributed by atoms with Gasteiger partial charge in [-0.15, -0.1) is 0 Å². The SMILES string of the molecule is CCCn1ncnc1C=C1CCc2cc(N)ccc21. The maximum Gasteiger partial charge on any atom is 0.151 e. The summed E-state index contributed by atoms with van der Waals surface area (Å²) < 4.78 is 1.96. The summed E-state index contributed by atoms with van der Waals surface area (Å²) in [5.74, 6) is 0.946. The van der Waals surface area contributed by atoms with E-state index in [9.17, 15) is 0 Å². The van der Waals surface area contributed by atoms with Crippen molar-refractivity contribution in [3.05, 3.63) is 41.5 Å². The van der Waals surface area contributed by atoms with Crippen molar-refractivity contribution in [3.63, 3.8) is 0 Å². The molecule has 0 radical (unpaired) electrons. The molecule has 1 aliphatic rings. The summed E-state index contributed by atoms with van der Waals surface area (Å²) in [6.45, 7) is 3.06. The number of nitrogens with zero attached hydrogens (tertiary/aromatic N) is 3. The molecule has 0 amide bonds. The second-order valence-electron chi connectivity index (χ2n) is 4.93. The van der Waals surface area contributed by atoms with Crippen LogP contribution < -0.4 is 5.73 Å². The van der Waals surface area contributed by atoms with Gasteiger partial charge in [-0.1, -0.05) is 13.0 Å². The molecule has 98 valence electrons. The molecule has 1 heterocycles. The molecule has 4 heteroatoms. The van der Waals surface area contributed by atoms with Crippen LogP contribution in [0.5, 0.6) is 0 Å². The average molecular weight is 254 g/mol. The van der Waals surface area contributed by atoms with Crippen molar-refractivity contribution in [2.75, 3.05) is 5.73 Å². The first-order chi connectivity index (χ1) is 9.28. The topological polar surface area (TPSA) is 56.7 Å². The number of anilines is 1. The van der Waals surface area contributed by atoms with Crippen molar-refractivity contribution in [1.82, 2.24) is 14.8 Å². The monoisotopic (exact) mass is 254 g/mol. The van der Waals surface area contributed by atoms with Crippen molar-refractivity contribution in [2.24, 2.45) is 0 Å². The fourth-order valence-electron chi connectivity index (χ4n) is 2.61. The van der Waals surface area contributed by atoms with Gasteiger partial charge in [-0.05, 0) is 54.2 Å². The number of allylic oxidation sites excluding steroid dienone is 1. The maximum absolute atomic E-state index is 5.83. The number of nitrogens with two attached hydrogens (primary N) is 1. The highest BCUT2D eigenvalue weighted by Gasteiger charge is 2.17. The summed E-state index contributed by atoms with van der Waals surface area (Å²) in [5.41, 5.74) is 10.7. The molecule has 0 fully saturated rings. The zero-order valence-corrected chi connectivity index (χ0v) is 11.1. The van der Waals surface area contributed by atoms with Gasteiger partial charge >= 0.3 is 0 Å². The molecule has 0 bridgehead atoms. The Labute approximate surface area is 113 Å². The third kappa shape index (κ3) is 2.26. The van der Waals surface area contributed by atoms with Gasteiger partial charge in [0.1, 0.15) is 6.33 Å². The molecule has 0 aliphatic heterocycles. The van der Waals surface area contributed by atoms with Gasteiger partial charge < -0.3 is 5.73 Å². The van der Waals surface area contributed by atoms with E-state index < -0.39 is 0 Å². The first-order valence-corrected chi connectivity index (χ1v) is 6.75. The van der Waals surface area contributed by atoms with Crippen molar-refractivity contribution in [1.29, 1.82) is 0 Å². The normalized spacial score (nSPS) is 15.9. The number of aryl methyl sites for hydroxylation is 2. The van der Waals surface area contributed by atoms with E-state index in [0.29, 0.717) is 0 Å². The fourth-order valence-corrected chi connectivity index (χ4v) is 2.61. The van der Waals surface area contributed by atoms with Gasteiger partial charge in [0.15, 0.2) is 5.82 Å². The minimum Gasteiger partial charge on any atom is -0.399 e. The van der Waals surface area contributed by atoms with E-state index in [0.717, 1.165) is 37.3 Å². The molecular formula is C15H18N4. The van der Waals surface area contributed by atoms with Gasteiger partial charge in [0.2, 0.25) is 0 Å². The zero-order valence-electron chi connectivity index (χ0n) is 11.1. The molecule has 0 saturated carbocycles. The van der Waals surface area contributed by atoms with Gasteiger partial charge in [-0.25, -0.2) is 9.67 Å².